The molecule has 1 saturated heterocycles. The highest BCUT2D eigenvalue weighted by atomic mass is 32.2. The van der Waals surface area contributed by atoms with Gasteiger partial charge in [-0.2, -0.15) is 0 Å². The van der Waals surface area contributed by atoms with Crippen LogP contribution in [0.2, 0.25) is 0 Å². The first kappa shape index (κ1) is 18.7. The van der Waals surface area contributed by atoms with Crippen LogP contribution in [0.3, 0.4) is 0 Å². The largest absolute Gasteiger partial charge is 0.316 e. The van der Waals surface area contributed by atoms with Gasteiger partial charge in [0.25, 0.3) is 0 Å². The molecule has 1 N–H and O–H groups in total. The van der Waals surface area contributed by atoms with Crippen molar-refractivity contribution in [2.45, 2.75) is 40.0 Å². The molecule has 0 aliphatic carbocycles. The van der Waals surface area contributed by atoms with E-state index < -0.39 is 10.0 Å². The molecule has 1 aliphatic rings. The van der Waals surface area contributed by atoms with Crippen LogP contribution >= 0.6 is 0 Å². The Kier molecular flexibility index (Phi) is 6.88. The van der Waals surface area contributed by atoms with E-state index >= 15 is 0 Å². The molecule has 1 heterocycles. The van der Waals surface area contributed by atoms with Gasteiger partial charge >= 0.3 is 0 Å². The van der Waals surface area contributed by atoms with Crippen LogP contribution in [0.4, 0.5) is 0 Å². The van der Waals surface area contributed by atoms with Gasteiger partial charge < -0.3 is 5.32 Å². The molecule has 0 amide bonds. The number of hydrogen-bond acceptors (Lipinski definition) is 3. The van der Waals surface area contributed by atoms with Crippen LogP contribution in [0, 0.1) is 17.3 Å². The zero-order chi connectivity index (χ0) is 16.1. The zero-order valence-corrected chi connectivity index (χ0v) is 14.9. The van der Waals surface area contributed by atoms with Gasteiger partial charge in [-0.25, -0.2) is 12.7 Å². The van der Waals surface area contributed by atoms with E-state index in [9.17, 15) is 8.42 Å². The summed E-state index contributed by atoms with van der Waals surface area (Å²) in [6, 6.07) is 0. The lowest BCUT2D eigenvalue weighted by Crippen LogP contribution is -2.42. The van der Waals surface area contributed by atoms with Crippen LogP contribution in [0.5, 0.6) is 0 Å². The Hall–Kier alpha value is -0.390. The lowest BCUT2D eigenvalue weighted by atomic mass is 9.78. The first-order valence-electron chi connectivity index (χ1n) is 7.96. The summed E-state index contributed by atoms with van der Waals surface area (Å²) in [5.41, 5.74) is 0.0278. The molecule has 5 heteroatoms. The summed E-state index contributed by atoms with van der Waals surface area (Å²) in [5.74, 6) is 1.06. The van der Waals surface area contributed by atoms with Crippen molar-refractivity contribution in [1.82, 2.24) is 9.62 Å². The van der Waals surface area contributed by atoms with Crippen LogP contribution in [0.15, 0.2) is 12.7 Å². The van der Waals surface area contributed by atoms with Gasteiger partial charge in [-0.1, -0.05) is 26.8 Å². The number of nitrogens with zero attached hydrogens (tertiary/aromatic N) is 1. The summed E-state index contributed by atoms with van der Waals surface area (Å²) < 4.78 is 25.0. The minimum absolute atomic E-state index is 0.0278. The third kappa shape index (κ3) is 6.49. The van der Waals surface area contributed by atoms with Crippen molar-refractivity contribution in [2.24, 2.45) is 17.3 Å². The maximum atomic E-state index is 11.7. The van der Waals surface area contributed by atoms with Crippen LogP contribution < -0.4 is 5.32 Å². The molecule has 0 saturated carbocycles. The highest BCUT2D eigenvalue weighted by molar-refractivity contribution is 7.88. The Balaban J connectivity index is 2.57. The average molecular weight is 317 g/mol. The van der Waals surface area contributed by atoms with Crippen LogP contribution in [0.1, 0.15) is 40.0 Å². The van der Waals surface area contributed by atoms with Crippen molar-refractivity contribution in [3.05, 3.63) is 12.7 Å². The molecular weight excluding hydrogens is 284 g/mol. The minimum atomic E-state index is -3.06. The van der Waals surface area contributed by atoms with Gasteiger partial charge in [0.2, 0.25) is 10.0 Å². The van der Waals surface area contributed by atoms with E-state index in [-0.39, 0.29) is 5.41 Å². The standard InChI is InChI=1S/C16H32N2O2S/c1-6-16(4,13-17-11-14(2)3)10-15-8-7-9-18(12-15)21(5,19)20/h6,14-15,17H,1,7-13H2,2-5H3. The van der Waals surface area contributed by atoms with E-state index in [1.807, 2.05) is 6.08 Å². The number of hydrogen-bond donors (Lipinski definition) is 1. The molecule has 21 heavy (non-hydrogen) atoms. The predicted molar refractivity (Wildman–Crippen MR) is 89.8 cm³/mol. The van der Waals surface area contributed by atoms with E-state index in [1.165, 1.54) is 6.26 Å². The Labute approximate surface area is 131 Å². The third-order valence-electron chi connectivity index (χ3n) is 4.28. The molecule has 0 aromatic carbocycles. The molecule has 0 bridgehead atoms. The van der Waals surface area contributed by atoms with Crippen molar-refractivity contribution < 1.29 is 8.42 Å². The lowest BCUT2D eigenvalue weighted by molar-refractivity contribution is 0.203. The minimum Gasteiger partial charge on any atom is -0.316 e. The molecule has 1 fully saturated rings. The van der Waals surface area contributed by atoms with Crippen molar-refractivity contribution in [3.8, 4) is 0 Å². The maximum absolute atomic E-state index is 11.7. The summed E-state index contributed by atoms with van der Waals surface area (Å²) >= 11 is 0. The SMILES string of the molecule is C=CC(C)(CNCC(C)C)CC1CCCN(S(C)(=O)=O)C1. The Morgan fingerprint density at radius 3 is 2.67 bits per heavy atom. The first-order chi connectivity index (χ1) is 9.66. The Morgan fingerprint density at radius 1 is 1.48 bits per heavy atom. The van der Waals surface area contributed by atoms with E-state index in [0.29, 0.717) is 24.9 Å². The molecule has 124 valence electrons. The van der Waals surface area contributed by atoms with Crippen LogP contribution in [-0.2, 0) is 10.0 Å². The van der Waals surface area contributed by atoms with Gasteiger partial charge in [-0.05, 0) is 43.1 Å². The van der Waals surface area contributed by atoms with Gasteiger partial charge in [0.05, 0.1) is 6.26 Å². The molecule has 0 radical (unpaired) electrons. The van der Waals surface area contributed by atoms with Crippen LogP contribution in [0.25, 0.3) is 0 Å². The lowest BCUT2D eigenvalue weighted by Gasteiger charge is -2.36. The average Bonchev–Trinajstić information content (AvgIpc) is 2.37. The second-order valence-electron chi connectivity index (χ2n) is 7.22. The zero-order valence-electron chi connectivity index (χ0n) is 14.1. The van der Waals surface area contributed by atoms with Gasteiger partial charge in [0.15, 0.2) is 0 Å². The summed E-state index contributed by atoms with van der Waals surface area (Å²) in [6.07, 6.45) is 6.41. The fraction of sp³-hybridized carbons (Fsp3) is 0.875. The van der Waals surface area contributed by atoms with E-state index in [2.05, 4.69) is 32.7 Å². The Morgan fingerprint density at radius 2 is 2.14 bits per heavy atom. The fourth-order valence-electron chi connectivity index (χ4n) is 3.03. The molecule has 1 rings (SSSR count). The first-order valence-corrected chi connectivity index (χ1v) is 9.80. The van der Waals surface area contributed by atoms with Gasteiger partial charge in [-0.3, -0.25) is 0 Å². The van der Waals surface area contributed by atoms with Crippen LogP contribution in [-0.4, -0.2) is 45.2 Å². The topological polar surface area (TPSA) is 49.4 Å². The van der Waals surface area contributed by atoms with Gasteiger partial charge in [0.1, 0.15) is 0 Å². The number of piperidine rings is 1. The quantitative estimate of drug-likeness (QED) is 0.700. The molecule has 1 aliphatic heterocycles. The molecule has 0 aromatic heterocycles. The van der Waals surface area contributed by atoms with E-state index in [1.54, 1.807) is 4.31 Å². The maximum Gasteiger partial charge on any atom is 0.211 e. The molecule has 4 nitrogen and oxygen atoms in total. The van der Waals surface area contributed by atoms with Crippen molar-refractivity contribution in [1.29, 1.82) is 0 Å². The monoisotopic (exact) mass is 316 g/mol. The number of nitrogens with one attached hydrogen (secondary N) is 1. The number of rotatable bonds is 8. The van der Waals surface area contributed by atoms with Gasteiger partial charge in [-0.15, -0.1) is 6.58 Å². The second kappa shape index (κ2) is 7.75. The highest BCUT2D eigenvalue weighted by Gasteiger charge is 2.31. The molecule has 0 aromatic rings. The third-order valence-corrected chi connectivity index (χ3v) is 5.55. The van der Waals surface area contributed by atoms with E-state index in [4.69, 9.17) is 0 Å². The smallest absolute Gasteiger partial charge is 0.211 e. The summed E-state index contributed by atoms with van der Waals surface area (Å²) in [7, 11) is -3.06. The second-order valence-corrected chi connectivity index (χ2v) is 9.20. The van der Waals surface area contributed by atoms with Crippen molar-refractivity contribution in [2.75, 3.05) is 32.4 Å². The normalized spacial score (nSPS) is 24.0. The highest BCUT2D eigenvalue weighted by Crippen LogP contribution is 2.32. The molecular formula is C16H32N2O2S. The predicted octanol–water partition coefficient (Wildman–Crippen LogP) is 2.49. The Bertz CT molecular complexity index is 434. The molecule has 2 atom stereocenters. The number of sulfonamides is 1. The molecule has 0 spiro atoms. The summed E-state index contributed by atoms with van der Waals surface area (Å²) in [6.45, 7) is 13.8. The van der Waals surface area contributed by atoms with E-state index in [0.717, 1.165) is 32.4 Å². The van der Waals surface area contributed by atoms with Crippen molar-refractivity contribution in [3.63, 3.8) is 0 Å². The fourth-order valence-corrected chi connectivity index (χ4v) is 3.97. The summed E-state index contributed by atoms with van der Waals surface area (Å²) in [5, 5.41) is 3.50. The molecule has 2 unspecified atom stereocenters. The summed E-state index contributed by atoms with van der Waals surface area (Å²) in [4.78, 5) is 0. The van der Waals surface area contributed by atoms with Gasteiger partial charge in [0, 0.05) is 19.6 Å². The van der Waals surface area contributed by atoms with Crippen molar-refractivity contribution >= 4 is 10.0 Å².